The van der Waals surface area contributed by atoms with Gasteiger partial charge in [0.15, 0.2) is 0 Å². The summed E-state index contributed by atoms with van der Waals surface area (Å²) in [5, 5.41) is 0. The zero-order valence-corrected chi connectivity index (χ0v) is 21.2. The predicted molar refractivity (Wildman–Crippen MR) is 125 cm³/mol. The van der Waals surface area contributed by atoms with Crippen LogP contribution in [0.2, 0.25) is 0 Å². The topological polar surface area (TPSA) is 85.5 Å². The lowest BCUT2D eigenvalue weighted by Gasteiger charge is -2.47. The van der Waals surface area contributed by atoms with E-state index in [1.165, 1.54) is 4.90 Å². The number of nitrogens with two attached hydrogens (primary N) is 1. The van der Waals surface area contributed by atoms with Gasteiger partial charge in [0, 0.05) is 19.3 Å². The fourth-order valence-corrected chi connectivity index (χ4v) is 4.11. The Hall–Kier alpha value is -2.16. The van der Waals surface area contributed by atoms with Crippen molar-refractivity contribution in [3.05, 3.63) is 30.1 Å². The van der Waals surface area contributed by atoms with Crippen LogP contribution in [-0.2, 0) is 20.9 Å². The van der Waals surface area contributed by atoms with E-state index in [1.54, 1.807) is 33.9 Å². The summed E-state index contributed by atoms with van der Waals surface area (Å²) in [5.41, 5.74) is 5.51. The van der Waals surface area contributed by atoms with Crippen LogP contribution >= 0.6 is 0 Å². The average Bonchev–Trinajstić information content (AvgIpc) is 2.77. The SMILES string of the molecule is CCC1CC(CC)C([C@H](C)OC(=O)C(C)(C)C)N(C(=O)CC(F)(F)F)C1.NCc1ccccn1. The van der Waals surface area contributed by atoms with Crippen molar-refractivity contribution in [2.45, 2.75) is 92.1 Å². The Bertz CT molecular complexity index is 766. The molecule has 0 aromatic carbocycles. The molecule has 1 amide bonds. The third-order valence-electron chi connectivity index (χ3n) is 6.03. The molecule has 2 heterocycles. The third kappa shape index (κ3) is 9.60. The van der Waals surface area contributed by atoms with Gasteiger partial charge in [-0.3, -0.25) is 14.6 Å². The number of ether oxygens (including phenoxy) is 1. The summed E-state index contributed by atoms with van der Waals surface area (Å²) in [6, 6.07) is 5.18. The number of carbonyl (C=O) groups is 2. The summed E-state index contributed by atoms with van der Waals surface area (Å²) >= 11 is 0. The lowest BCUT2D eigenvalue weighted by Crippen LogP contribution is -2.57. The fraction of sp³-hybridized carbons (Fsp3) is 0.720. The number of halogens is 3. The molecule has 4 atom stereocenters. The summed E-state index contributed by atoms with van der Waals surface area (Å²) in [6.07, 6.45) is -2.59. The first-order chi connectivity index (χ1) is 15.7. The Labute approximate surface area is 201 Å². The number of esters is 1. The summed E-state index contributed by atoms with van der Waals surface area (Å²) in [4.78, 5) is 29.9. The molecular formula is C25H40F3N3O3. The van der Waals surface area contributed by atoms with Gasteiger partial charge in [0.25, 0.3) is 0 Å². The van der Waals surface area contributed by atoms with Gasteiger partial charge in [0.1, 0.15) is 12.5 Å². The summed E-state index contributed by atoms with van der Waals surface area (Å²) in [6.45, 7) is 11.6. The second-order valence-corrected chi connectivity index (χ2v) is 9.89. The number of rotatable bonds is 6. The standard InChI is InChI=1S/C19H32F3NO3.C6H8N2/c1-7-13-9-14(8-2)16(12(3)26-17(25)18(4,5)6)23(11-13)15(24)10-19(20,21)22;7-5-6-3-1-2-4-8-6/h12-14,16H,7-11H2,1-6H3;1-4H,5,7H2/t12-,13?,14?,16?;/m0./s1. The zero-order valence-electron chi connectivity index (χ0n) is 21.2. The first kappa shape index (κ1) is 29.9. The zero-order chi connectivity index (χ0) is 26.1. The first-order valence-electron chi connectivity index (χ1n) is 11.9. The van der Waals surface area contributed by atoms with Crippen LogP contribution in [0.5, 0.6) is 0 Å². The number of hydrogen-bond acceptors (Lipinski definition) is 5. The van der Waals surface area contributed by atoms with E-state index in [9.17, 15) is 22.8 Å². The highest BCUT2D eigenvalue weighted by Gasteiger charge is 2.44. The molecule has 2 rings (SSSR count). The molecule has 0 spiro atoms. The van der Waals surface area contributed by atoms with E-state index >= 15 is 0 Å². The van der Waals surface area contributed by atoms with E-state index in [1.807, 2.05) is 32.0 Å². The molecule has 194 valence electrons. The minimum absolute atomic E-state index is 0.00801. The quantitative estimate of drug-likeness (QED) is 0.564. The molecule has 1 aromatic rings. The predicted octanol–water partition coefficient (Wildman–Crippen LogP) is 5.11. The van der Waals surface area contributed by atoms with Crippen molar-refractivity contribution < 1.29 is 27.5 Å². The molecule has 2 N–H and O–H groups in total. The van der Waals surface area contributed by atoms with E-state index in [4.69, 9.17) is 10.5 Å². The highest BCUT2D eigenvalue weighted by atomic mass is 19.4. The van der Waals surface area contributed by atoms with Crippen molar-refractivity contribution in [3.63, 3.8) is 0 Å². The molecule has 6 nitrogen and oxygen atoms in total. The number of hydrogen-bond donors (Lipinski definition) is 1. The van der Waals surface area contributed by atoms with Gasteiger partial charge in [-0.2, -0.15) is 13.2 Å². The molecule has 1 aliphatic rings. The van der Waals surface area contributed by atoms with E-state index in [0.29, 0.717) is 13.0 Å². The molecule has 1 aromatic heterocycles. The molecule has 0 bridgehead atoms. The number of likely N-dealkylation sites (tertiary alicyclic amines) is 1. The maximum Gasteiger partial charge on any atom is 0.397 e. The van der Waals surface area contributed by atoms with Crippen molar-refractivity contribution in [2.75, 3.05) is 6.54 Å². The molecule has 0 saturated carbocycles. The molecule has 1 aliphatic heterocycles. The van der Waals surface area contributed by atoms with Crippen LogP contribution < -0.4 is 5.73 Å². The minimum atomic E-state index is -4.55. The largest absolute Gasteiger partial charge is 0.460 e. The average molecular weight is 488 g/mol. The molecule has 1 fully saturated rings. The van der Waals surface area contributed by atoms with Crippen LogP contribution in [-0.4, -0.2) is 46.6 Å². The number of alkyl halides is 3. The smallest absolute Gasteiger partial charge is 0.397 e. The van der Waals surface area contributed by atoms with Gasteiger partial charge in [-0.05, 0) is 58.1 Å². The number of pyridine rings is 1. The Morgan fingerprint density at radius 1 is 1.21 bits per heavy atom. The van der Waals surface area contributed by atoms with E-state index in [2.05, 4.69) is 4.98 Å². The van der Waals surface area contributed by atoms with Crippen LogP contribution in [0.4, 0.5) is 13.2 Å². The molecule has 3 unspecified atom stereocenters. The van der Waals surface area contributed by atoms with E-state index in [0.717, 1.165) is 18.5 Å². The molecule has 0 aliphatic carbocycles. The summed E-state index contributed by atoms with van der Waals surface area (Å²) in [5.74, 6) is -1.18. The van der Waals surface area contributed by atoms with E-state index in [-0.39, 0.29) is 18.4 Å². The monoisotopic (exact) mass is 487 g/mol. The lowest BCUT2D eigenvalue weighted by molar-refractivity contribution is -0.176. The Kier molecular flexibility index (Phi) is 11.5. The maximum absolute atomic E-state index is 12.8. The van der Waals surface area contributed by atoms with Crippen molar-refractivity contribution in [3.8, 4) is 0 Å². The number of piperidine rings is 1. The van der Waals surface area contributed by atoms with Crippen molar-refractivity contribution in [1.82, 2.24) is 9.88 Å². The molecule has 1 saturated heterocycles. The van der Waals surface area contributed by atoms with Crippen LogP contribution in [0, 0.1) is 17.3 Å². The summed E-state index contributed by atoms with van der Waals surface area (Å²) in [7, 11) is 0. The number of aromatic nitrogens is 1. The Morgan fingerprint density at radius 3 is 2.26 bits per heavy atom. The number of carbonyl (C=O) groups excluding carboxylic acids is 2. The fourth-order valence-electron chi connectivity index (χ4n) is 4.11. The number of amides is 1. The molecule has 34 heavy (non-hydrogen) atoms. The van der Waals surface area contributed by atoms with Crippen LogP contribution in [0.3, 0.4) is 0 Å². The van der Waals surface area contributed by atoms with Crippen molar-refractivity contribution in [1.29, 1.82) is 0 Å². The second kappa shape index (κ2) is 13.1. The molecular weight excluding hydrogens is 447 g/mol. The number of nitrogens with zero attached hydrogens (tertiary/aromatic N) is 2. The van der Waals surface area contributed by atoms with Crippen molar-refractivity contribution in [2.24, 2.45) is 23.0 Å². The van der Waals surface area contributed by atoms with Gasteiger partial charge in [0.05, 0.1) is 17.2 Å². The van der Waals surface area contributed by atoms with Gasteiger partial charge < -0.3 is 15.4 Å². The highest BCUT2D eigenvalue weighted by molar-refractivity contribution is 5.78. The lowest BCUT2D eigenvalue weighted by atomic mass is 9.78. The van der Waals surface area contributed by atoms with Crippen molar-refractivity contribution >= 4 is 11.9 Å². The normalized spacial score (nSPS) is 21.8. The Morgan fingerprint density at radius 2 is 1.85 bits per heavy atom. The first-order valence-corrected chi connectivity index (χ1v) is 11.9. The van der Waals surface area contributed by atoms with Crippen LogP contribution in [0.15, 0.2) is 24.4 Å². The second-order valence-electron chi connectivity index (χ2n) is 9.89. The molecule has 0 radical (unpaired) electrons. The van der Waals surface area contributed by atoms with Gasteiger partial charge >= 0.3 is 12.1 Å². The van der Waals surface area contributed by atoms with E-state index < -0.39 is 42.0 Å². The molecule has 9 heteroatoms. The summed E-state index contributed by atoms with van der Waals surface area (Å²) < 4.78 is 43.9. The third-order valence-corrected chi connectivity index (χ3v) is 6.03. The van der Waals surface area contributed by atoms with Crippen LogP contribution in [0.1, 0.15) is 72.9 Å². The van der Waals surface area contributed by atoms with Gasteiger partial charge in [0.2, 0.25) is 5.91 Å². The Balaban J connectivity index is 0.000000605. The van der Waals surface area contributed by atoms with Gasteiger partial charge in [-0.25, -0.2) is 0 Å². The minimum Gasteiger partial charge on any atom is -0.460 e. The highest BCUT2D eigenvalue weighted by Crippen LogP contribution is 2.36. The van der Waals surface area contributed by atoms with Crippen LogP contribution in [0.25, 0.3) is 0 Å². The van der Waals surface area contributed by atoms with Gasteiger partial charge in [-0.15, -0.1) is 0 Å². The maximum atomic E-state index is 12.8. The van der Waals surface area contributed by atoms with Gasteiger partial charge in [-0.1, -0.05) is 32.8 Å².